The van der Waals surface area contributed by atoms with E-state index in [-0.39, 0.29) is 0 Å². The summed E-state index contributed by atoms with van der Waals surface area (Å²) in [5.41, 5.74) is 3.80. The Morgan fingerprint density at radius 2 is 1.95 bits per heavy atom. The topological polar surface area (TPSA) is 28.2 Å². The molecule has 112 valence electrons. The molecular weight excluding hydrogens is 278 g/mol. The Balaban J connectivity index is 1.55. The van der Waals surface area contributed by atoms with Crippen LogP contribution in [-0.2, 0) is 6.54 Å². The number of nitrogens with zero attached hydrogens (tertiary/aromatic N) is 2. The summed E-state index contributed by atoms with van der Waals surface area (Å²) in [7, 11) is 0. The first kappa shape index (κ1) is 14.5. The Labute approximate surface area is 131 Å². The lowest BCUT2D eigenvalue weighted by Crippen LogP contribution is -2.19. The van der Waals surface area contributed by atoms with Crippen LogP contribution in [0.2, 0.25) is 0 Å². The molecule has 0 bridgehead atoms. The third-order valence-electron chi connectivity index (χ3n) is 4.03. The highest BCUT2D eigenvalue weighted by atomic mass is 32.1. The van der Waals surface area contributed by atoms with Gasteiger partial charge in [0.2, 0.25) is 0 Å². The molecule has 1 saturated heterocycles. The highest BCUT2D eigenvalue weighted by Crippen LogP contribution is 2.21. The van der Waals surface area contributed by atoms with Crippen LogP contribution in [0.4, 0.5) is 5.69 Å². The van der Waals surface area contributed by atoms with Crippen LogP contribution in [0.25, 0.3) is 0 Å². The molecule has 0 radical (unpaired) electrons. The van der Waals surface area contributed by atoms with Gasteiger partial charge in [-0.1, -0.05) is 12.1 Å². The molecule has 0 aliphatic carbocycles. The van der Waals surface area contributed by atoms with E-state index in [1.807, 2.05) is 6.92 Å². The fourth-order valence-corrected chi connectivity index (χ4v) is 3.56. The predicted molar refractivity (Wildman–Crippen MR) is 90.0 cm³/mol. The standard InChI is InChI=1S/C17H23N3S/c1-13-12-21-17(19-13)14(2)18-11-15-5-7-16(8-6-15)20-9-3-4-10-20/h5-8,12,14,18H,3-4,9-11H2,1-2H3. The number of anilines is 1. The maximum atomic E-state index is 4.54. The SMILES string of the molecule is Cc1csc(C(C)NCc2ccc(N3CCCC3)cc2)n1. The molecule has 1 unspecified atom stereocenters. The van der Waals surface area contributed by atoms with Gasteiger partial charge in [-0.3, -0.25) is 0 Å². The summed E-state index contributed by atoms with van der Waals surface area (Å²) in [5, 5.41) is 6.83. The van der Waals surface area contributed by atoms with E-state index >= 15 is 0 Å². The van der Waals surface area contributed by atoms with Gasteiger partial charge in [0.1, 0.15) is 5.01 Å². The number of benzene rings is 1. The molecule has 1 aliphatic heterocycles. The highest BCUT2D eigenvalue weighted by molar-refractivity contribution is 7.09. The Morgan fingerprint density at radius 1 is 1.24 bits per heavy atom. The lowest BCUT2D eigenvalue weighted by Gasteiger charge is -2.18. The zero-order valence-corrected chi connectivity index (χ0v) is 13.6. The van der Waals surface area contributed by atoms with Crippen LogP contribution in [0, 0.1) is 6.92 Å². The first-order valence-corrected chi connectivity index (χ1v) is 8.59. The molecule has 0 spiro atoms. The van der Waals surface area contributed by atoms with Crippen molar-refractivity contribution in [2.24, 2.45) is 0 Å². The maximum absolute atomic E-state index is 4.54. The first-order valence-electron chi connectivity index (χ1n) is 7.71. The summed E-state index contributed by atoms with van der Waals surface area (Å²) < 4.78 is 0. The van der Waals surface area contributed by atoms with Crippen molar-refractivity contribution in [2.45, 2.75) is 39.3 Å². The van der Waals surface area contributed by atoms with E-state index < -0.39 is 0 Å². The third-order valence-corrected chi connectivity index (χ3v) is 5.17. The van der Waals surface area contributed by atoms with Gasteiger partial charge in [0.25, 0.3) is 0 Å². The van der Waals surface area contributed by atoms with Crippen molar-refractivity contribution >= 4 is 17.0 Å². The van der Waals surface area contributed by atoms with E-state index in [2.05, 4.69) is 51.8 Å². The molecule has 3 rings (SSSR count). The van der Waals surface area contributed by atoms with Crippen LogP contribution in [0.1, 0.15) is 42.1 Å². The fourth-order valence-electron chi connectivity index (χ4n) is 2.73. The monoisotopic (exact) mass is 301 g/mol. The molecule has 1 N–H and O–H groups in total. The second-order valence-corrected chi connectivity index (χ2v) is 6.68. The summed E-state index contributed by atoms with van der Waals surface area (Å²) in [6, 6.07) is 9.28. The van der Waals surface area contributed by atoms with Crippen molar-refractivity contribution in [2.75, 3.05) is 18.0 Å². The van der Waals surface area contributed by atoms with Gasteiger partial charge in [-0.05, 0) is 44.4 Å². The van der Waals surface area contributed by atoms with Gasteiger partial charge in [-0.15, -0.1) is 11.3 Å². The lowest BCUT2D eigenvalue weighted by molar-refractivity contribution is 0.571. The van der Waals surface area contributed by atoms with Gasteiger partial charge in [0.15, 0.2) is 0 Å². The normalized spacial score (nSPS) is 16.4. The van der Waals surface area contributed by atoms with Crippen LogP contribution in [-0.4, -0.2) is 18.1 Å². The Morgan fingerprint density at radius 3 is 2.57 bits per heavy atom. The van der Waals surface area contributed by atoms with Crippen molar-refractivity contribution in [3.05, 3.63) is 45.9 Å². The lowest BCUT2D eigenvalue weighted by atomic mass is 10.2. The molecule has 3 nitrogen and oxygen atoms in total. The second kappa shape index (κ2) is 6.58. The summed E-state index contributed by atoms with van der Waals surface area (Å²) in [6.45, 7) is 7.52. The van der Waals surface area contributed by atoms with E-state index in [1.165, 1.54) is 42.2 Å². The van der Waals surface area contributed by atoms with Gasteiger partial charge in [0.05, 0.1) is 6.04 Å². The maximum Gasteiger partial charge on any atom is 0.110 e. The Bertz CT molecular complexity index is 570. The van der Waals surface area contributed by atoms with E-state index in [0.29, 0.717) is 6.04 Å². The van der Waals surface area contributed by atoms with Crippen LogP contribution in [0.5, 0.6) is 0 Å². The predicted octanol–water partition coefficient (Wildman–Crippen LogP) is 3.90. The molecule has 1 atom stereocenters. The zero-order chi connectivity index (χ0) is 14.7. The Hall–Kier alpha value is -1.39. The smallest absolute Gasteiger partial charge is 0.110 e. The molecule has 1 fully saturated rings. The highest BCUT2D eigenvalue weighted by Gasteiger charge is 2.12. The van der Waals surface area contributed by atoms with Gasteiger partial charge in [0, 0.05) is 36.4 Å². The van der Waals surface area contributed by atoms with Crippen LogP contribution >= 0.6 is 11.3 Å². The van der Waals surface area contributed by atoms with Crippen LogP contribution < -0.4 is 10.2 Å². The van der Waals surface area contributed by atoms with Gasteiger partial charge in [-0.25, -0.2) is 4.98 Å². The van der Waals surface area contributed by atoms with E-state index in [1.54, 1.807) is 11.3 Å². The Kier molecular flexibility index (Phi) is 4.56. The minimum Gasteiger partial charge on any atom is -0.372 e. The van der Waals surface area contributed by atoms with Crippen molar-refractivity contribution in [3.63, 3.8) is 0 Å². The van der Waals surface area contributed by atoms with E-state index in [9.17, 15) is 0 Å². The molecule has 4 heteroatoms. The number of aryl methyl sites for hydroxylation is 1. The molecule has 1 aliphatic rings. The summed E-state index contributed by atoms with van der Waals surface area (Å²) >= 11 is 1.73. The number of aromatic nitrogens is 1. The summed E-state index contributed by atoms with van der Waals surface area (Å²) in [5.74, 6) is 0. The largest absolute Gasteiger partial charge is 0.372 e. The molecule has 2 aromatic rings. The molecule has 0 amide bonds. The number of nitrogens with one attached hydrogen (secondary N) is 1. The number of hydrogen-bond donors (Lipinski definition) is 1. The summed E-state index contributed by atoms with van der Waals surface area (Å²) in [4.78, 5) is 7.01. The van der Waals surface area contributed by atoms with Crippen LogP contribution in [0.15, 0.2) is 29.6 Å². The van der Waals surface area contributed by atoms with Gasteiger partial charge >= 0.3 is 0 Å². The minimum absolute atomic E-state index is 0.307. The van der Waals surface area contributed by atoms with Gasteiger partial charge in [-0.2, -0.15) is 0 Å². The van der Waals surface area contributed by atoms with Crippen molar-refractivity contribution in [1.82, 2.24) is 10.3 Å². The number of thiazole rings is 1. The molecule has 2 heterocycles. The van der Waals surface area contributed by atoms with Gasteiger partial charge < -0.3 is 10.2 Å². The average molecular weight is 301 g/mol. The molecule has 1 aromatic heterocycles. The molecule has 1 aromatic carbocycles. The van der Waals surface area contributed by atoms with Crippen LogP contribution in [0.3, 0.4) is 0 Å². The third kappa shape index (κ3) is 3.63. The number of rotatable bonds is 5. The zero-order valence-electron chi connectivity index (χ0n) is 12.8. The first-order chi connectivity index (χ1) is 10.2. The fraction of sp³-hybridized carbons (Fsp3) is 0.471. The molecule has 21 heavy (non-hydrogen) atoms. The quantitative estimate of drug-likeness (QED) is 0.908. The van der Waals surface area contributed by atoms with E-state index in [0.717, 1.165) is 12.2 Å². The summed E-state index contributed by atoms with van der Waals surface area (Å²) in [6.07, 6.45) is 2.65. The minimum atomic E-state index is 0.307. The second-order valence-electron chi connectivity index (χ2n) is 5.79. The average Bonchev–Trinajstić information content (AvgIpc) is 3.16. The molecule has 0 saturated carbocycles. The van der Waals surface area contributed by atoms with Crippen molar-refractivity contribution in [3.8, 4) is 0 Å². The van der Waals surface area contributed by atoms with Crippen molar-refractivity contribution < 1.29 is 0 Å². The van der Waals surface area contributed by atoms with E-state index in [4.69, 9.17) is 0 Å². The van der Waals surface area contributed by atoms with Crippen molar-refractivity contribution in [1.29, 1.82) is 0 Å². The molecular formula is C17H23N3S. The number of hydrogen-bond acceptors (Lipinski definition) is 4.